The second-order valence-electron chi connectivity index (χ2n) is 32.4. The maximum atomic E-state index is 8.12. The number of aryl methyl sites for hydroxylation is 7. The molecule has 3 atom stereocenters. The van der Waals surface area contributed by atoms with Crippen LogP contribution in [0.15, 0.2) is 245 Å². The van der Waals surface area contributed by atoms with Crippen LogP contribution in [0.25, 0.3) is 134 Å². The van der Waals surface area contributed by atoms with Gasteiger partial charge in [-0.3, -0.25) is 0 Å². The van der Waals surface area contributed by atoms with E-state index in [-0.39, 0.29) is 66.2 Å². The number of hydrogen-bond acceptors (Lipinski definition) is 12. The second-order valence-corrected chi connectivity index (χ2v) is 32.4. The maximum absolute atomic E-state index is 8.12. The van der Waals surface area contributed by atoms with Crippen LogP contribution < -0.4 is 0 Å². The molecule has 3 aliphatic carbocycles. The van der Waals surface area contributed by atoms with E-state index in [4.69, 9.17) is 38.8 Å². The van der Waals surface area contributed by atoms with E-state index in [1.165, 1.54) is 102 Å². The minimum Gasteiger partial charge on any atom is -0.486 e. The Bertz CT molecular complexity index is 7160. The fraction of sp³-hybridized carbons (Fsp3) is 0.277. The molecule has 15 heteroatoms. The van der Waals surface area contributed by atoms with Crippen molar-refractivity contribution in [2.45, 2.75) is 202 Å². The summed E-state index contributed by atoms with van der Waals surface area (Å²) in [5.74, 6) is -3.36. The molecule has 3 fully saturated rings. The van der Waals surface area contributed by atoms with Crippen molar-refractivity contribution >= 4 is 66.2 Å². The number of fused-ring (bicyclic) bond motifs is 9. The van der Waals surface area contributed by atoms with Crippen LogP contribution in [0.2, 0.25) is 0 Å². The monoisotopic (exact) mass is 2220 g/mol. The molecule has 3 radical (unpaired) electrons. The van der Waals surface area contributed by atoms with Gasteiger partial charge in [-0.2, -0.15) is 0 Å². The molecule has 18 aromatic rings. The average Bonchev–Trinajstić information content (AvgIpc) is 1.55. The average molecular weight is 2220 g/mol. The van der Waals surface area contributed by atoms with Crippen molar-refractivity contribution in [1.29, 1.82) is 0 Å². The van der Waals surface area contributed by atoms with Crippen LogP contribution in [0.4, 0.5) is 0 Å². The third-order valence-electron chi connectivity index (χ3n) is 23.5. The number of aromatic nitrogens is 9. The van der Waals surface area contributed by atoms with Crippen molar-refractivity contribution in [3.05, 3.63) is 340 Å². The Balaban J connectivity index is 0.000000143. The van der Waals surface area contributed by atoms with Gasteiger partial charge in [0, 0.05) is 151 Å². The summed E-state index contributed by atoms with van der Waals surface area (Å²) in [6, 6.07) is 81.2. The predicted molar refractivity (Wildman–Crippen MR) is 505 cm³/mol. The van der Waals surface area contributed by atoms with Gasteiger partial charge in [-0.15, -0.1) is 162 Å². The van der Waals surface area contributed by atoms with Gasteiger partial charge < -0.3 is 43.2 Å². The number of hydrogen-bond donors (Lipinski definition) is 0. The first-order chi connectivity index (χ1) is 66.2. The van der Waals surface area contributed by atoms with Crippen LogP contribution in [0, 0.1) is 84.8 Å². The van der Waals surface area contributed by atoms with Crippen molar-refractivity contribution in [1.82, 2.24) is 44.9 Å². The minimum atomic E-state index is -2.39. The number of nitrogens with zero attached hydrogens (tertiary/aromatic N) is 9. The van der Waals surface area contributed by atoms with Crippen LogP contribution in [0.3, 0.4) is 0 Å². The van der Waals surface area contributed by atoms with Gasteiger partial charge in [-0.05, 0) is 227 Å². The Labute approximate surface area is 809 Å². The van der Waals surface area contributed by atoms with Gasteiger partial charge >= 0.3 is 0 Å². The Morgan fingerprint density at radius 2 is 0.693 bits per heavy atom. The zero-order chi connectivity index (χ0) is 98.7. The van der Waals surface area contributed by atoms with E-state index in [0.717, 1.165) is 165 Å². The summed E-state index contributed by atoms with van der Waals surface area (Å²) in [6.07, 6.45) is 25.0. The largest absolute Gasteiger partial charge is 0.486 e. The molecule has 127 heavy (non-hydrogen) atoms. The molecule has 12 aromatic heterocycles. The van der Waals surface area contributed by atoms with Gasteiger partial charge in [0.2, 0.25) is 17.1 Å². The molecule has 21 rings (SSSR count). The maximum Gasteiger partial charge on any atom is 0.216 e. The van der Waals surface area contributed by atoms with Crippen molar-refractivity contribution in [3.8, 4) is 67.5 Å². The van der Waals surface area contributed by atoms with Crippen LogP contribution in [-0.4, -0.2) is 44.9 Å². The molecular weight excluding hydrogens is 2100 g/mol. The van der Waals surface area contributed by atoms with Gasteiger partial charge in [0.15, 0.2) is 0 Å². The van der Waals surface area contributed by atoms with Gasteiger partial charge in [0.1, 0.15) is 0 Å². The van der Waals surface area contributed by atoms with E-state index < -0.39 is 45.1 Å². The van der Waals surface area contributed by atoms with E-state index in [2.05, 4.69) is 113 Å². The molecule has 0 amide bonds. The van der Waals surface area contributed by atoms with E-state index in [1.807, 2.05) is 169 Å². The molecule has 6 aromatic carbocycles. The Kier molecular flexibility index (Phi) is 25.5. The first-order valence-corrected chi connectivity index (χ1v) is 42.6. The zero-order valence-electron chi connectivity index (χ0n) is 87.4. The summed E-state index contributed by atoms with van der Waals surface area (Å²) < 4.78 is 134. The van der Waals surface area contributed by atoms with Gasteiger partial charge in [0.05, 0.1) is 16.7 Å². The van der Waals surface area contributed by atoms with E-state index in [1.54, 1.807) is 48.7 Å². The Morgan fingerprint density at radius 3 is 1.06 bits per heavy atom. The SMILES string of the molecule is Cc1ccc2c(n1)oc1c(-c3cc(C4CCCC4)ccn3)[c-]ccc12.Cc1ccc2c(n1)oc1c(-c3ccc(C4CCCC4)cn3)[c-]ccc12.[2H]C([2H])([2H])C([2H])(C)c1cnc(-c2[c-]cccc2)cc1C.[2H]C([2H])([2H])C([2H])(C)c1cnc(-c2[c-]cccc2)cc1C.[2H]C([2H])([2H])C([2H])(C)c1cnc(-c2[c-]cccc2)cc1C.[2H]C([2H])([2H])c1cc(-c2[c-]ccc3c2oc2nc(C)ccc23)ncc1C1CCCC1.[Ir].[Ir].[Ir]. The molecule has 651 valence electrons. The summed E-state index contributed by atoms with van der Waals surface area (Å²) in [5, 5.41) is 6.08. The molecule has 3 saturated carbocycles. The standard InChI is InChI=1S/C23H21N2O.2C22H19N2O.3C15H16N.3Ir/c1-14-12-21(24-13-20(14)16-6-3-4-7-16)19-9-5-8-17-18-11-10-15(2)25-23(18)26-22(17)19;1-14-9-11-18-17-7-4-8-19(21(17)25-22(18)24-14)20-12-10-16(13-23-20)15-5-2-3-6-15;1-14-9-10-18-17-7-4-8-19(21(17)25-22(18)24-14)20-13-16(11-12-23-20)15-5-2-3-6-15;3*1-11(2)14-10-16-15(9-12(14)3)13-7-5-4-6-8-13;;;/h5,8,10-13,16H,3-4,6-7H2,1-2H3;2*4,7,9-13,15H,2-3,5-6H2,1H3;3*4-7,9-11H,1-3H3;;;/q6*-1;;;/i1D3;;;3*1D3,11D;;;. The van der Waals surface area contributed by atoms with E-state index in [0.29, 0.717) is 68.1 Å². The molecule has 0 spiro atoms. The Morgan fingerprint density at radius 1 is 0.331 bits per heavy atom. The smallest absolute Gasteiger partial charge is 0.216 e. The first kappa shape index (κ1) is 75.0. The van der Waals surface area contributed by atoms with Crippen LogP contribution >= 0.6 is 0 Å². The zero-order valence-corrected chi connectivity index (χ0v) is 79.6. The van der Waals surface area contributed by atoms with Crippen molar-refractivity contribution in [3.63, 3.8) is 0 Å². The minimum absolute atomic E-state index is 0. The van der Waals surface area contributed by atoms with E-state index >= 15 is 0 Å². The molecular formula is C112H107Ir3N9O3-6. The van der Waals surface area contributed by atoms with E-state index in [9.17, 15) is 0 Å². The molecule has 0 N–H and O–H groups in total. The van der Waals surface area contributed by atoms with Crippen molar-refractivity contribution in [2.75, 3.05) is 0 Å². The molecule has 0 aliphatic heterocycles. The number of pyridine rings is 9. The molecule has 12 nitrogen and oxygen atoms in total. The van der Waals surface area contributed by atoms with Gasteiger partial charge in [-0.25, -0.2) is 15.0 Å². The fourth-order valence-electron chi connectivity index (χ4n) is 17.0. The quantitative estimate of drug-likeness (QED) is 0.107. The molecule has 12 heterocycles. The van der Waals surface area contributed by atoms with Crippen LogP contribution in [0.5, 0.6) is 0 Å². The molecule has 0 saturated heterocycles. The molecule has 3 aliphatic rings. The van der Waals surface area contributed by atoms with Crippen LogP contribution in [-0.2, 0) is 60.3 Å². The summed E-state index contributed by atoms with van der Waals surface area (Å²) in [6.45, 7) is 6.15. The summed E-state index contributed by atoms with van der Waals surface area (Å²) in [5.41, 5.74) is 24.2. The van der Waals surface area contributed by atoms with Crippen molar-refractivity contribution < 1.29 is 94.1 Å². The van der Waals surface area contributed by atoms with Gasteiger partial charge in [0.25, 0.3) is 0 Å². The molecule has 0 bridgehead atoms. The Hall–Kier alpha value is -11.0. The fourth-order valence-corrected chi connectivity index (χ4v) is 17.0. The number of rotatable bonds is 12. The normalized spacial score (nSPS) is 16.8. The predicted octanol–water partition coefficient (Wildman–Crippen LogP) is 29.7. The molecule has 3 unspecified atom stereocenters. The first-order valence-electron chi connectivity index (χ1n) is 50.1. The number of furan rings is 3. The second kappa shape index (κ2) is 43.2. The van der Waals surface area contributed by atoms with Crippen molar-refractivity contribution in [2.24, 2.45) is 0 Å². The van der Waals surface area contributed by atoms with Crippen LogP contribution in [0.1, 0.15) is 247 Å². The number of benzene rings is 6. The van der Waals surface area contributed by atoms with Gasteiger partial charge in [-0.1, -0.05) is 183 Å². The summed E-state index contributed by atoms with van der Waals surface area (Å²) >= 11 is 0. The topological polar surface area (TPSA) is 155 Å². The summed E-state index contributed by atoms with van der Waals surface area (Å²) in [7, 11) is 0. The third-order valence-corrected chi connectivity index (χ3v) is 23.5. The third kappa shape index (κ3) is 21.9. The summed E-state index contributed by atoms with van der Waals surface area (Å²) in [4.78, 5) is 40.4.